The fraction of sp³-hybridized carbons (Fsp3) is 0.562. The maximum Gasteiger partial charge on any atom is 0.269 e. The summed E-state index contributed by atoms with van der Waals surface area (Å²) in [6.07, 6.45) is 6.47. The van der Waals surface area contributed by atoms with Gasteiger partial charge in [-0.2, -0.15) is 5.10 Å². The second kappa shape index (κ2) is 5.94. The predicted octanol–water partition coefficient (Wildman–Crippen LogP) is 1.93. The van der Waals surface area contributed by atoms with E-state index in [2.05, 4.69) is 26.9 Å². The van der Waals surface area contributed by atoms with Crippen LogP contribution in [-0.2, 0) is 13.5 Å². The van der Waals surface area contributed by atoms with Gasteiger partial charge >= 0.3 is 0 Å². The molecule has 1 N–H and O–H groups in total. The molecule has 1 aliphatic carbocycles. The minimum absolute atomic E-state index is 0.0819. The van der Waals surface area contributed by atoms with Crippen LogP contribution in [0.5, 0.6) is 0 Å². The third kappa shape index (κ3) is 2.77. The number of aryl methyl sites for hydroxylation is 3. The highest BCUT2D eigenvalue weighted by molar-refractivity contribution is 5.92. The van der Waals surface area contributed by atoms with Crippen molar-refractivity contribution in [1.29, 1.82) is 0 Å². The van der Waals surface area contributed by atoms with Gasteiger partial charge in [0.25, 0.3) is 5.91 Å². The first-order valence-electron chi connectivity index (χ1n) is 7.88. The number of hydrogen-bond acceptors (Lipinski definition) is 3. The molecule has 0 aliphatic heterocycles. The molecule has 6 heteroatoms. The first kappa shape index (κ1) is 14.8. The van der Waals surface area contributed by atoms with E-state index >= 15 is 0 Å². The molecule has 0 atom stereocenters. The number of carbonyl (C=O) groups excluding carboxylic acids is 1. The lowest BCUT2D eigenvalue weighted by Crippen LogP contribution is -2.29. The van der Waals surface area contributed by atoms with Crippen LogP contribution in [0.4, 0.5) is 0 Å². The van der Waals surface area contributed by atoms with Crippen LogP contribution in [0.3, 0.4) is 0 Å². The highest BCUT2D eigenvalue weighted by Gasteiger charge is 2.23. The molecule has 22 heavy (non-hydrogen) atoms. The Hall–Kier alpha value is -2.11. The molecule has 6 nitrogen and oxygen atoms in total. The van der Waals surface area contributed by atoms with Gasteiger partial charge in [0.1, 0.15) is 11.5 Å². The summed E-state index contributed by atoms with van der Waals surface area (Å²) in [5, 5.41) is 7.16. The summed E-state index contributed by atoms with van der Waals surface area (Å²) < 4.78 is 3.95. The monoisotopic (exact) mass is 301 g/mol. The van der Waals surface area contributed by atoms with Crippen molar-refractivity contribution in [1.82, 2.24) is 24.6 Å². The number of aromatic nitrogens is 4. The second-order valence-corrected chi connectivity index (χ2v) is 6.07. The number of rotatable bonds is 5. The Kier molecular flexibility index (Phi) is 4.00. The Morgan fingerprint density at radius 3 is 2.77 bits per heavy atom. The van der Waals surface area contributed by atoms with Gasteiger partial charge in [-0.3, -0.25) is 9.48 Å². The zero-order chi connectivity index (χ0) is 15.7. The van der Waals surface area contributed by atoms with Gasteiger partial charge in [-0.05, 0) is 39.2 Å². The molecule has 0 spiro atoms. The number of hydrogen-bond donors (Lipinski definition) is 1. The van der Waals surface area contributed by atoms with Gasteiger partial charge in [-0.15, -0.1) is 0 Å². The fourth-order valence-corrected chi connectivity index (χ4v) is 3.03. The first-order chi connectivity index (χ1) is 10.6. The van der Waals surface area contributed by atoms with E-state index in [-0.39, 0.29) is 5.91 Å². The van der Waals surface area contributed by atoms with Crippen molar-refractivity contribution in [3.8, 4) is 0 Å². The summed E-state index contributed by atoms with van der Waals surface area (Å²) in [5.41, 5.74) is 2.66. The van der Waals surface area contributed by atoms with Gasteiger partial charge in [0.05, 0.1) is 5.69 Å². The molecule has 2 aromatic heterocycles. The maximum atomic E-state index is 12.2. The number of amides is 1. The molecule has 2 heterocycles. The quantitative estimate of drug-likeness (QED) is 0.918. The molecule has 2 aromatic rings. The Morgan fingerprint density at radius 2 is 2.18 bits per heavy atom. The van der Waals surface area contributed by atoms with E-state index in [1.54, 1.807) is 17.8 Å². The van der Waals surface area contributed by atoms with Crippen molar-refractivity contribution in [2.45, 2.75) is 45.6 Å². The van der Waals surface area contributed by atoms with Gasteiger partial charge in [0.2, 0.25) is 0 Å². The number of nitrogens with zero attached hydrogens (tertiary/aromatic N) is 4. The SMILES string of the molecule is Cc1cc(C(=O)NCCc2ncc(C)n2C2CCC2)n(C)n1. The standard InChI is InChI=1S/C16H23N5O/c1-11-9-14(20(3)19-11)16(22)17-8-7-15-18-10-12(2)21(15)13-5-4-6-13/h9-10,13H,4-8H2,1-3H3,(H,17,22). The summed E-state index contributed by atoms with van der Waals surface area (Å²) in [6.45, 7) is 4.58. The minimum atomic E-state index is -0.0819. The van der Waals surface area contributed by atoms with Crippen LogP contribution in [0, 0.1) is 13.8 Å². The van der Waals surface area contributed by atoms with Gasteiger partial charge < -0.3 is 9.88 Å². The molecule has 0 bridgehead atoms. The number of carbonyl (C=O) groups is 1. The zero-order valence-electron chi connectivity index (χ0n) is 13.5. The van der Waals surface area contributed by atoms with Crippen LogP contribution in [0.2, 0.25) is 0 Å². The van der Waals surface area contributed by atoms with Crippen molar-refractivity contribution >= 4 is 5.91 Å². The summed E-state index contributed by atoms with van der Waals surface area (Å²) >= 11 is 0. The molecule has 0 radical (unpaired) electrons. The van der Waals surface area contributed by atoms with E-state index in [0.717, 1.165) is 17.9 Å². The van der Waals surface area contributed by atoms with Crippen molar-refractivity contribution in [3.05, 3.63) is 35.2 Å². The highest BCUT2D eigenvalue weighted by Crippen LogP contribution is 2.33. The van der Waals surface area contributed by atoms with Crippen LogP contribution in [-0.4, -0.2) is 31.8 Å². The third-order valence-corrected chi connectivity index (χ3v) is 4.37. The van der Waals surface area contributed by atoms with Crippen LogP contribution < -0.4 is 5.32 Å². The lowest BCUT2D eigenvalue weighted by molar-refractivity contribution is 0.0944. The molecule has 0 unspecified atom stereocenters. The summed E-state index contributed by atoms with van der Waals surface area (Å²) in [7, 11) is 1.79. The second-order valence-electron chi connectivity index (χ2n) is 6.07. The largest absolute Gasteiger partial charge is 0.350 e. The first-order valence-corrected chi connectivity index (χ1v) is 7.88. The van der Waals surface area contributed by atoms with Gasteiger partial charge in [0, 0.05) is 37.9 Å². The predicted molar refractivity (Wildman–Crippen MR) is 83.8 cm³/mol. The van der Waals surface area contributed by atoms with Crippen LogP contribution >= 0.6 is 0 Å². The summed E-state index contributed by atoms with van der Waals surface area (Å²) in [6, 6.07) is 2.40. The summed E-state index contributed by atoms with van der Waals surface area (Å²) in [5.74, 6) is 0.991. The van der Waals surface area contributed by atoms with Gasteiger partial charge in [0.15, 0.2) is 0 Å². The van der Waals surface area contributed by atoms with Crippen molar-refractivity contribution in [2.75, 3.05) is 6.54 Å². The molecular formula is C16H23N5O. The Bertz CT molecular complexity index is 681. The highest BCUT2D eigenvalue weighted by atomic mass is 16.2. The average Bonchev–Trinajstić information content (AvgIpc) is 2.93. The lowest BCUT2D eigenvalue weighted by atomic mass is 9.92. The van der Waals surface area contributed by atoms with E-state index in [1.165, 1.54) is 25.0 Å². The van der Waals surface area contributed by atoms with E-state index in [4.69, 9.17) is 0 Å². The molecule has 1 amide bonds. The number of imidazole rings is 1. The Morgan fingerprint density at radius 1 is 1.41 bits per heavy atom. The molecule has 0 saturated heterocycles. The van der Waals surface area contributed by atoms with Crippen LogP contribution in [0.25, 0.3) is 0 Å². The third-order valence-electron chi connectivity index (χ3n) is 4.37. The van der Waals surface area contributed by atoms with E-state index in [0.29, 0.717) is 18.3 Å². The van der Waals surface area contributed by atoms with E-state index in [9.17, 15) is 4.79 Å². The normalized spacial score (nSPS) is 14.9. The van der Waals surface area contributed by atoms with E-state index < -0.39 is 0 Å². The van der Waals surface area contributed by atoms with Crippen molar-refractivity contribution in [3.63, 3.8) is 0 Å². The topological polar surface area (TPSA) is 64.7 Å². The molecule has 1 saturated carbocycles. The average molecular weight is 301 g/mol. The molecule has 0 aromatic carbocycles. The molecular weight excluding hydrogens is 278 g/mol. The van der Waals surface area contributed by atoms with Gasteiger partial charge in [-0.1, -0.05) is 0 Å². The van der Waals surface area contributed by atoms with Crippen LogP contribution in [0.15, 0.2) is 12.3 Å². The minimum Gasteiger partial charge on any atom is -0.350 e. The van der Waals surface area contributed by atoms with E-state index in [1.807, 2.05) is 13.1 Å². The Labute approximate surface area is 130 Å². The van der Waals surface area contributed by atoms with Crippen molar-refractivity contribution in [2.24, 2.45) is 7.05 Å². The number of nitrogens with one attached hydrogen (secondary N) is 1. The zero-order valence-corrected chi connectivity index (χ0v) is 13.5. The smallest absolute Gasteiger partial charge is 0.269 e. The summed E-state index contributed by atoms with van der Waals surface area (Å²) in [4.78, 5) is 16.7. The lowest BCUT2D eigenvalue weighted by Gasteiger charge is -2.29. The van der Waals surface area contributed by atoms with Crippen LogP contribution in [0.1, 0.15) is 53.0 Å². The molecule has 1 fully saturated rings. The fourth-order valence-electron chi connectivity index (χ4n) is 3.03. The molecule has 3 rings (SSSR count). The van der Waals surface area contributed by atoms with Crippen molar-refractivity contribution < 1.29 is 4.79 Å². The van der Waals surface area contributed by atoms with Gasteiger partial charge in [-0.25, -0.2) is 4.98 Å². The maximum absolute atomic E-state index is 12.2. The Balaban J connectivity index is 1.59. The molecule has 118 valence electrons. The molecule has 1 aliphatic rings.